The molecule has 0 spiro atoms. The van der Waals surface area contributed by atoms with E-state index in [0.29, 0.717) is 16.3 Å². The maximum absolute atomic E-state index is 10.6. The van der Waals surface area contributed by atoms with E-state index in [4.69, 9.17) is 16.3 Å². The van der Waals surface area contributed by atoms with Crippen molar-refractivity contribution >= 4 is 17.9 Å². The van der Waals surface area contributed by atoms with Crippen LogP contribution in [0.1, 0.15) is 38.1 Å². The average molecular weight is 241 g/mol. The SMILES string of the molecule is CC(Oc1ccc(C=O)cc1Cl)C(C)(C)C. The largest absolute Gasteiger partial charge is 0.489 e. The predicted molar refractivity (Wildman–Crippen MR) is 66.4 cm³/mol. The molecule has 3 heteroatoms. The topological polar surface area (TPSA) is 26.3 Å². The van der Waals surface area contributed by atoms with E-state index >= 15 is 0 Å². The first-order valence-electron chi connectivity index (χ1n) is 5.26. The van der Waals surface area contributed by atoms with Crippen molar-refractivity contribution < 1.29 is 9.53 Å². The minimum Gasteiger partial charge on any atom is -0.489 e. The van der Waals surface area contributed by atoms with E-state index in [2.05, 4.69) is 20.8 Å². The summed E-state index contributed by atoms with van der Waals surface area (Å²) in [5.41, 5.74) is 0.605. The number of carbonyl (C=O) groups excluding carboxylic acids is 1. The number of ether oxygens (including phenoxy) is 1. The molecule has 0 aliphatic heterocycles. The van der Waals surface area contributed by atoms with Gasteiger partial charge >= 0.3 is 0 Å². The summed E-state index contributed by atoms with van der Waals surface area (Å²) in [6.07, 6.45) is 0.815. The van der Waals surface area contributed by atoms with Crippen LogP contribution >= 0.6 is 11.6 Å². The Morgan fingerprint density at radius 2 is 2.00 bits per heavy atom. The molecule has 0 aliphatic rings. The van der Waals surface area contributed by atoms with Gasteiger partial charge in [0, 0.05) is 5.56 Å². The van der Waals surface area contributed by atoms with Crippen LogP contribution in [0.3, 0.4) is 0 Å². The van der Waals surface area contributed by atoms with E-state index in [-0.39, 0.29) is 11.5 Å². The van der Waals surface area contributed by atoms with Crippen LogP contribution in [0.15, 0.2) is 18.2 Å². The maximum atomic E-state index is 10.6. The van der Waals surface area contributed by atoms with Crippen LogP contribution < -0.4 is 4.74 Å². The third-order valence-corrected chi connectivity index (χ3v) is 2.91. The molecule has 0 bridgehead atoms. The van der Waals surface area contributed by atoms with Gasteiger partial charge in [-0.25, -0.2) is 0 Å². The Labute approximate surface area is 102 Å². The molecule has 0 aliphatic carbocycles. The molecule has 0 amide bonds. The number of rotatable bonds is 3. The lowest BCUT2D eigenvalue weighted by Gasteiger charge is -2.28. The highest BCUT2D eigenvalue weighted by molar-refractivity contribution is 6.32. The number of benzene rings is 1. The van der Waals surface area contributed by atoms with Crippen LogP contribution in [0, 0.1) is 5.41 Å². The fourth-order valence-electron chi connectivity index (χ4n) is 1.05. The van der Waals surface area contributed by atoms with Gasteiger partial charge < -0.3 is 4.74 Å². The van der Waals surface area contributed by atoms with E-state index in [1.165, 1.54) is 0 Å². The summed E-state index contributed by atoms with van der Waals surface area (Å²) in [7, 11) is 0. The molecular formula is C13H17ClO2. The predicted octanol–water partition coefficient (Wildman–Crippen LogP) is 3.97. The molecule has 0 N–H and O–H groups in total. The van der Waals surface area contributed by atoms with Crippen molar-refractivity contribution in [3.63, 3.8) is 0 Å². The van der Waals surface area contributed by atoms with Crippen LogP contribution in [0.2, 0.25) is 5.02 Å². The highest BCUT2D eigenvalue weighted by atomic mass is 35.5. The van der Waals surface area contributed by atoms with Crippen LogP contribution in [0.5, 0.6) is 5.75 Å². The van der Waals surface area contributed by atoms with Gasteiger partial charge in [-0.1, -0.05) is 32.4 Å². The summed E-state index contributed by atoms with van der Waals surface area (Å²) < 4.78 is 5.76. The Morgan fingerprint density at radius 1 is 1.38 bits per heavy atom. The molecule has 1 aromatic carbocycles. The molecule has 88 valence electrons. The smallest absolute Gasteiger partial charge is 0.150 e. The Kier molecular flexibility index (Phi) is 3.98. The van der Waals surface area contributed by atoms with Gasteiger partial charge in [0.2, 0.25) is 0 Å². The zero-order valence-electron chi connectivity index (χ0n) is 10.1. The highest BCUT2D eigenvalue weighted by Crippen LogP contribution is 2.30. The number of hydrogen-bond donors (Lipinski definition) is 0. The second-order valence-corrected chi connectivity index (χ2v) is 5.34. The van der Waals surface area contributed by atoms with Crippen molar-refractivity contribution in [3.8, 4) is 5.75 Å². The minimum absolute atomic E-state index is 0.0482. The van der Waals surface area contributed by atoms with Crippen LogP contribution in [0.25, 0.3) is 0 Å². The van der Waals surface area contributed by atoms with Gasteiger partial charge in [0.15, 0.2) is 0 Å². The fraction of sp³-hybridized carbons (Fsp3) is 0.462. The lowest BCUT2D eigenvalue weighted by Crippen LogP contribution is -2.28. The second kappa shape index (κ2) is 4.88. The molecule has 0 fully saturated rings. The average Bonchev–Trinajstić information content (AvgIpc) is 2.19. The summed E-state index contributed by atoms with van der Waals surface area (Å²) in [5.74, 6) is 0.620. The van der Waals surface area contributed by atoms with Gasteiger partial charge in [-0.05, 0) is 30.5 Å². The summed E-state index contributed by atoms with van der Waals surface area (Å²) >= 11 is 6.02. The van der Waals surface area contributed by atoms with Crippen LogP contribution in [0.4, 0.5) is 0 Å². The summed E-state index contributed by atoms with van der Waals surface area (Å²) in [4.78, 5) is 10.6. The lowest BCUT2D eigenvalue weighted by molar-refractivity contribution is 0.103. The van der Waals surface area contributed by atoms with E-state index < -0.39 is 0 Å². The molecule has 0 aromatic heterocycles. The molecule has 1 atom stereocenters. The zero-order valence-corrected chi connectivity index (χ0v) is 10.8. The van der Waals surface area contributed by atoms with Crippen molar-refractivity contribution in [2.75, 3.05) is 0 Å². The highest BCUT2D eigenvalue weighted by Gasteiger charge is 2.22. The third-order valence-electron chi connectivity index (χ3n) is 2.62. The van der Waals surface area contributed by atoms with E-state index in [1.807, 2.05) is 6.92 Å². The van der Waals surface area contributed by atoms with Crippen LogP contribution in [-0.4, -0.2) is 12.4 Å². The summed E-state index contributed by atoms with van der Waals surface area (Å²) in [6.45, 7) is 8.31. The molecule has 0 saturated carbocycles. The molecule has 0 saturated heterocycles. The van der Waals surface area contributed by atoms with Crippen molar-refractivity contribution in [2.45, 2.75) is 33.8 Å². The van der Waals surface area contributed by atoms with Crippen LogP contribution in [-0.2, 0) is 0 Å². The van der Waals surface area contributed by atoms with Gasteiger partial charge in [-0.15, -0.1) is 0 Å². The first-order valence-corrected chi connectivity index (χ1v) is 5.64. The zero-order chi connectivity index (χ0) is 12.3. The Morgan fingerprint density at radius 3 is 2.44 bits per heavy atom. The first-order chi connectivity index (χ1) is 7.34. The van der Waals surface area contributed by atoms with Gasteiger partial charge in [0.25, 0.3) is 0 Å². The van der Waals surface area contributed by atoms with Gasteiger partial charge in [0.1, 0.15) is 18.1 Å². The standard InChI is InChI=1S/C13H17ClO2/c1-9(13(2,3)4)16-12-6-5-10(8-15)7-11(12)14/h5-9H,1-4H3. The lowest BCUT2D eigenvalue weighted by atomic mass is 9.90. The Bertz CT molecular complexity index is 380. The Hall–Kier alpha value is -1.02. The fourth-order valence-corrected chi connectivity index (χ4v) is 1.29. The molecule has 16 heavy (non-hydrogen) atoms. The van der Waals surface area contributed by atoms with Crippen molar-refractivity contribution in [1.82, 2.24) is 0 Å². The number of aldehydes is 1. The molecule has 1 rings (SSSR count). The second-order valence-electron chi connectivity index (χ2n) is 4.93. The first kappa shape index (κ1) is 13.0. The summed E-state index contributed by atoms with van der Waals surface area (Å²) in [6, 6.07) is 5.04. The normalized spacial score (nSPS) is 13.3. The quantitative estimate of drug-likeness (QED) is 0.748. The molecule has 2 nitrogen and oxygen atoms in total. The number of hydrogen-bond acceptors (Lipinski definition) is 2. The van der Waals surface area contributed by atoms with Gasteiger partial charge in [-0.2, -0.15) is 0 Å². The molecule has 0 radical (unpaired) electrons. The van der Waals surface area contributed by atoms with E-state index in [9.17, 15) is 4.79 Å². The third kappa shape index (κ3) is 3.24. The Balaban J connectivity index is 2.86. The van der Waals surface area contributed by atoms with Gasteiger partial charge in [0.05, 0.1) is 5.02 Å². The maximum Gasteiger partial charge on any atom is 0.150 e. The van der Waals surface area contributed by atoms with Crippen molar-refractivity contribution in [1.29, 1.82) is 0 Å². The van der Waals surface area contributed by atoms with E-state index in [0.717, 1.165) is 6.29 Å². The van der Waals surface area contributed by atoms with Crippen molar-refractivity contribution in [3.05, 3.63) is 28.8 Å². The minimum atomic E-state index is 0.0482. The molecule has 0 heterocycles. The van der Waals surface area contributed by atoms with Crippen molar-refractivity contribution in [2.24, 2.45) is 5.41 Å². The van der Waals surface area contributed by atoms with Gasteiger partial charge in [-0.3, -0.25) is 4.79 Å². The number of halogens is 1. The molecule has 1 unspecified atom stereocenters. The van der Waals surface area contributed by atoms with E-state index in [1.54, 1.807) is 18.2 Å². The molecule has 1 aromatic rings. The monoisotopic (exact) mass is 240 g/mol. The summed E-state index contributed by atoms with van der Waals surface area (Å²) in [5, 5.41) is 0.473. The number of carbonyl (C=O) groups is 1. The molecular weight excluding hydrogens is 224 g/mol.